The predicted molar refractivity (Wildman–Crippen MR) is 162 cm³/mol. The molecule has 2 aliphatic rings. The molecule has 1 fully saturated rings. The lowest BCUT2D eigenvalue weighted by Gasteiger charge is -2.29. The minimum absolute atomic E-state index is 0.0315. The van der Waals surface area contributed by atoms with Gasteiger partial charge in [0.2, 0.25) is 6.41 Å². The van der Waals surface area contributed by atoms with Crippen LogP contribution in [0.15, 0.2) is 53.9 Å². The van der Waals surface area contributed by atoms with Gasteiger partial charge in [-0.1, -0.05) is 55.8 Å². The first kappa shape index (κ1) is 31.8. The number of anilines is 1. The van der Waals surface area contributed by atoms with Gasteiger partial charge in [-0.2, -0.15) is 5.26 Å². The van der Waals surface area contributed by atoms with Crippen LogP contribution in [0, 0.1) is 30.1 Å². The number of nitrogens with zero attached hydrogens (tertiary/aromatic N) is 3. The zero-order valence-corrected chi connectivity index (χ0v) is 24.7. The van der Waals surface area contributed by atoms with E-state index < -0.39 is 0 Å². The molecule has 2 aromatic rings. The number of hydrogen-bond donors (Lipinski definition) is 2. The van der Waals surface area contributed by atoms with Crippen molar-refractivity contribution in [2.24, 2.45) is 0 Å². The summed E-state index contributed by atoms with van der Waals surface area (Å²) in [5.74, 6) is 6.31. The molecule has 2 aliphatic heterocycles. The monoisotopic (exact) mass is 547 g/mol. The van der Waals surface area contributed by atoms with Crippen LogP contribution in [0.4, 0.5) is 5.69 Å². The number of piperidine rings is 1. The Kier molecular flexibility index (Phi) is 14.0. The Labute approximate surface area is 240 Å². The SMILES string of the molecule is CC.CC1=C(C)N(c2ccc(C#CCCCC#N)cc2)C(c2ccc(C)cc2Cl)N1.O=CNN1CCCCC1. The summed E-state index contributed by atoms with van der Waals surface area (Å²) in [4.78, 5) is 12.2. The molecule has 2 N–H and O–H groups in total. The Morgan fingerprint density at radius 2 is 1.74 bits per heavy atom. The van der Waals surface area contributed by atoms with Crippen molar-refractivity contribution < 1.29 is 4.79 Å². The van der Waals surface area contributed by atoms with E-state index in [9.17, 15) is 4.79 Å². The molecule has 6 nitrogen and oxygen atoms in total. The molecule has 1 saturated heterocycles. The number of hydrogen-bond acceptors (Lipinski definition) is 5. The molecule has 1 unspecified atom stereocenters. The molecule has 0 spiro atoms. The number of halogens is 1. The summed E-state index contributed by atoms with van der Waals surface area (Å²) < 4.78 is 0. The van der Waals surface area contributed by atoms with Crippen LogP contribution in [-0.4, -0.2) is 24.5 Å². The van der Waals surface area contributed by atoms with Crippen molar-refractivity contribution in [1.29, 1.82) is 5.26 Å². The topological polar surface area (TPSA) is 71.4 Å². The fraction of sp³-hybridized carbons (Fsp3) is 0.438. The maximum absolute atomic E-state index is 9.92. The first-order chi connectivity index (χ1) is 18.9. The van der Waals surface area contributed by atoms with Crippen molar-refractivity contribution in [2.45, 2.75) is 79.3 Å². The van der Waals surface area contributed by atoms with Gasteiger partial charge in [0, 0.05) is 59.2 Å². The summed E-state index contributed by atoms with van der Waals surface area (Å²) in [7, 11) is 0. The number of benzene rings is 2. The first-order valence-electron chi connectivity index (χ1n) is 13.8. The highest BCUT2D eigenvalue weighted by atomic mass is 35.5. The Bertz CT molecular complexity index is 1180. The van der Waals surface area contributed by atoms with Gasteiger partial charge in [0.25, 0.3) is 0 Å². The lowest BCUT2D eigenvalue weighted by atomic mass is 10.1. The standard InChI is InChI=1S/C24H24ClN3.C6H12N2O.C2H6/c1-17-9-14-22(23(25)16-17)24-27-18(2)19(3)28(24)21-12-10-20(11-13-21)8-6-4-5-7-15-26;9-6-7-8-4-2-1-3-5-8;1-2/h9-14,16,24,27H,4-5,7H2,1-3H3;6H,1-5H2,(H,7,9);1-2H3. The molecule has 2 aromatic carbocycles. The van der Waals surface area contributed by atoms with Crippen molar-refractivity contribution in [3.05, 3.63) is 75.6 Å². The molecule has 2 heterocycles. The van der Waals surface area contributed by atoms with Crippen LogP contribution < -0.4 is 15.6 Å². The van der Waals surface area contributed by atoms with E-state index in [-0.39, 0.29) is 6.17 Å². The lowest BCUT2D eigenvalue weighted by Crippen LogP contribution is -2.40. The number of amides is 1. The number of nitriles is 1. The van der Waals surface area contributed by atoms with E-state index in [4.69, 9.17) is 16.9 Å². The van der Waals surface area contributed by atoms with E-state index in [1.54, 1.807) is 0 Å². The molecule has 39 heavy (non-hydrogen) atoms. The highest BCUT2D eigenvalue weighted by Gasteiger charge is 2.30. The van der Waals surface area contributed by atoms with Gasteiger partial charge in [-0.05, 0) is 75.9 Å². The number of rotatable bonds is 6. The Morgan fingerprint density at radius 3 is 2.36 bits per heavy atom. The van der Waals surface area contributed by atoms with Crippen LogP contribution in [0.25, 0.3) is 0 Å². The van der Waals surface area contributed by atoms with Gasteiger partial charge in [-0.15, -0.1) is 0 Å². The summed E-state index contributed by atoms with van der Waals surface area (Å²) in [5, 5.41) is 14.9. The molecule has 0 radical (unpaired) electrons. The van der Waals surface area contributed by atoms with Crippen molar-refractivity contribution in [3.8, 4) is 17.9 Å². The minimum Gasteiger partial charge on any atom is -0.363 e. The molecule has 0 bridgehead atoms. The molecular weight excluding hydrogens is 506 g/mol. The fourth-order valence-corrected chi connectivity index (χ4v) is 4.72. The van der Waals surface area contributed by atoms with E-state index >= 15 is 0 Å². The molecule has 1 amide bonds. The van der Waals surface area contributed by atoms with E-state index in [0.29, 0.717) is 6.42 Å². The molecule has 208 valence electrons. The van der Waals surface area contributed by atoms with Crippen LogP contribution >= 0.6 is 11.6 Å². The smallest absolute Gasteiger partial charge is 0.221 e. The third-order valence-corrected chi connectivity index (χ3v) is 6.85. The maximum Gasteiger partial charge on any atom is 0.221 e. The van der Waals surface area contributed by atoms with Crippen LogP contribution in [0.3, 0.4) is 0 Å². The normalized spacial score (nSPS) is 16.3. The molecule has 0 saturated carbocycles. The summed E-state index contributed by atoms with van der Waals surface area (Å²) in [5.41, 5.74) is 9.25. The minimum atomic E-state index is -0.0315. The van der Waals surface area contributed by atoms with Gasteiger partial charge in [0.05, 0.1) is 6.07 Å². The summed E-state index contributed by atoms with van der Waals surface area (Å²) in [6, 6.07) is 16.6. The van der Waals surface area contributed by atoms with E-state index in [2.05, 4.69) is 71.7 Å². The second-order valence-electron chi connectivity index (χ2n) is 9.31. The lowest BCUT2D eigenvalue weighted by molar-refractivity contribution is -0.114. The van der Waals surface area contributed by atoms with E-state index in [1.165, 1.54) is 25.0 Å². The van der Waals surface area contributed by atoms with Gasteiger partial charge in [0.15, 0.2) is 0 Å². The van der Waals surface area contributed by atoms with Gasteiger partial charge in [-0.25, -0.2) is 5.01 Å². The first-order valence-corrected chi connectivity index (χ1v) is 14.2. The number of nitrogens with one attached hydrogen (secondary N) is 2. The Morgan fingerprint density at radius 1 is 1.05 bits per heavy atom. The number of carbonyl (C=O) groups is 1. The molecule has 0 aromatic heterocycles. The quantitative estimate of drug-likeness (QED) is 0.227. The third kappa shape index (κ3) is 9.66. The molecule has 1 atom stereocenters. The zero-order chi connectivity index (χ0) is 28.6. The number of allylic oxidation sites excluding steroid dienone is 2. The number of hydrazine groups is 1. The molecule has 7 heteroatoms. The summed E-state index contributed by atoms with van der Waals surface area (Å²) >= 11 is 6.55. The Hall–Kier alpha value is -3.45. The molecular formula is C32H42ClN5O. The van der Waals surface area contributed by atoms with Crippen LogP contribution in [0.5, 0.6) is 0 Å². The largest absolute Gasteiger partial charge is 0.363 e. The highest BCUT2D eigenvalue weighted by Crippen LogP contribution is 2.38. The fourth-order valence-electron chi connectivity index (χ4n) is 4.39. The zero-order valence-electron chi connectivity index (χ0n) is 24.0. The van der Waals surface area contributed by atoms with Crippen molar-refractivity contribution >= 4 is 23.7 Å². The van der Waals surface area contributed by atoms with Gasteiger partial charge >= 0.3 is 0 Å². The molecule has 0 aliphatic carbocycles. The third-order valence-electron chi connectivity index (χ3n) is 6.53. The predicted octanol–water partition coefficient (Wildman–Crippen LogP) is 7.21. The number of aryl methyl sites for hydroxylation is 1. The van der Waals surface area contributed by atoms with Crippen molar-refractivity contribution in [2.75, 3.05) is 18.0 Å². The van der Waals surface area contributed by atoms with Gasteiger partial charge in [-0.3, -0.25) is 10.2 Å². The van der Waals surface area contributed by atoms with E-state index in [1.807, 2.05) is 44.0 Å². The summed E-state index contributed by atoms with van der Waals surface area (Å²) in [6.45, 7) is 12.3. The maximum atomic E-state index is 9.92. The van der Waals surface area contributed by atoms with Gasteiger partial charge in [0.1, 0.15) is 6.17 Å². The van der Waals surface area contributed by atoms with Gasteiger partial charge < -0.3 is 10.2 Å². The van der Waals surface area contributed by atoms with Crippen molar-refractivity contribution in [1.82, 2.24) is 15.8 Å². The average molecular weight is 548 g/mol. The average Bonchev–Trinajstić information content (AvgIpc) is 3.24. The van der Waals surface area contributed by atoms with Crippen LogP contribution in [0.2, 0.25) is 5.02 Å². The number of unbranched alkanes of at least 4 members (excludes halogenated alkanes) is 2. The highest BCUT2D eigenvalue weighted by molar-refractivity contribution is 6.31. The molecule has 4 rings (SSSR count). The number of carbonyl (C=O) groups excluding carboxylic acids is 1. The second-order valence-corrected chi connectivity index (χ2v) is 9.71. The second kappa shape index (κ2) is 17.2. The van der Waals surface area contributed by atoms with Crippen molar-refractivity contribution in [3.63, 3.8) is 0 Å². The Balaban J connectivity index is 0.000000407. The van der Waals surface area contributed by atoms with Crippen LogP contribution in [-0.2, 0) is 4.79 Å². The van der Waals surface area contributed by atoms with Crippen LogP contribution in [0.1, 0.15) is 89.1 Å². The summed E-state index contributed by atoms with van der Waals surface area (Å²) in [6.07, 6.45) is 6.56. The van der Waals surface area contributed by atoms with E-state index in [0.717, 1.165) is 65.4 Å².